The number of thiophene rings is 1. The Morgan fingerprint density at radius 1 is 0.980 bits per heavy atom. The van der Waals surface area contributed by atoms with Gasteiger partial charge in [-0.05, 0) is 105 Å². The number of rotatable bonds is 9. The number of hydrogen-bond donors (Lipinski definition) is 3. The van der Waals surface area contributed by atoms with Crippen molar-refractivity contribution in [2.45, 2.75) is 95.8 Å². The van der Waals surface area contributed by atoms with Gasteiger partial charge in [0.1, 0.15) is 0 Å². The first kappa shape index (κ1) is 36.7. The van der Waals surface area contributed by atoms with E-state index in [1.54, 1.807) is 11.3 Å². The van der Waals surface area contributed by atoms with Gasteiger partial charge in [0.05, 0.1) is 24.3 Å². The van der Waals surface area contributed by atoms with E-state index < -0.39 is 17.1 Å². The van der Waals surface area contributed by atoms with Gasteiger partial charge in [-0.2, -0.15) is 0 Å². The van der Waals surface area contributed by atoms with Crippen LogP contribution in [-0.4, -0.2) is 51.7 Å². The molecule has 5 atom stereocenters. The first-order valence-electron chi connectivity index (χ1n) is 18.5. The van der Waals surface area contributed by atoms with Gasteiger partial charge in [-0.1, -0.05) is 97.4 Å². The summed E-state index contributed by atoms with van der Waals surface area (Å²) in [6.45, 7) is 6.95. The maximum atomic E-state index is 14.3. The van der Waals surface area contributed by atoms with Gasteiger partial charge < -0.3 is 20.4 Å². The maximum absolute atomic E-state index is 14.3. The zero-order valence-electron chi connectivity index (χ0n) is 30.2. The van der Waals surface area contributed by atoms with Crippen LogP contribution in [0.5, 0.6) is 0 Å². The number of aliphatic hydroxyl groups excluding tert-OH is 1. The fraction of sp³-hybridized carbons (Fsp3) is 0.409. The Kier molecular flexibility index (Phi) is 11.6. The molecule has 0 spiro atoms. The second-order valence-corrected chi connectivity index (χ2v) is 16.0. The van der Waals surface area contributed by atoms with Gasteiger partial charge in [0.2, 0.25) is 0 Å². The van der Waals surface area contributed by atoms with Crippen LogP contribution in [0.25, 0.3) is 0 Å². The number of carbonyl (C=O) groups excluding carboxylic acids is 2. The molecule has 7 rings (SSSR count). The van der Waals surface area contributed by atoms with Gasteiger partial charge in [0.15, 0.2) is 5.78 Å². The Hall–Kier alpha value is -4.04. The van der Waals surface area contributed by atoms with E-state index in [2.05, 4.69) is 48.8 Å². The number of aliphatic hydroxyl groups is 2. The summed E-state index contributed by atoms with van der Waals surface area (Å²) in [7, 11) is 0. The molecule has 0 aliphatic heterocycles. The van der Waals surface area contributed by atoms with Crippen LogP contribution in [0.3, 0.4) is 0 Å². The maximum Gasteiger partial charge on any atom is 0.317 e. The van der Waals surface area contributed by atoms with Crippen molar-refractivity contribution in [3.05, 3.63) is 141 Å². The normalized spacial score (nSPS) is 24.2. The number of carbonyl (C=O) groups is 2. The lowest BCUT2D eigenvalue weighted by Crippen LogP contribution is -2.56. The van der Waals surface area contributed by atoms with Crippen LogP contribution < -0.4 is 5.32 Å². The summed E-state index contributed by atoms with van der Waals surface area (Å²) in [6.07, 6.45) is 7.00. The lowest BCUT2D eigenvalue weighted by molar-refractivity contribution is -0.0769. The molecule has 268 valence electrons. The summed E-state index contributed by atoms with van der Waals surface area (Å²) in [5, 5.41) is 29.2. The topological polar surface area (TPSA) is 89.9 Å². The minimum absolute atomic E-state index is 0.0468. The molecule has 3 aliphatic rings. The van der Waals surface area contributed by atoms with E-state index in [4.69, 9.17) is 0 Å². The van der Waals surface area contributed by atoms with E-state index in [9.17, 15) is 19.8 Å². The summed E-state index contributed by atoms with van der Waals surface area (Å²) in [5.41, 5.74) is 3.53. The van der Waals surface area contributed by atoms with Gasteiger partial charge in [-0.25, -0.2) is 4.79 Å². The van der Waals surface area contributed by atoms with Crippen LogP contribution in [0, 0.1) is 5.41 Å². The first-order valence-corrected chi connectivity index (χ1v) is 19.4. The molecule has 3 aromatic carbocycles. The molecule has 1 saturated carbocycles. The fourth-order valence-corrected chi connectivity index (χ4v) is 9.01. The van der Waals surface area contributed by atoms with Crippen molar-refractivity contribution < 1.29 is 19.8 Å². The van der Waals surface area contributed by atoms with E-state index in [1.165, 1.54) is 10.5 Å². The van der Waals surface area contributed by atoms with Crippen molar-refractivity contribution in [2.75, 3.05) is 13.1 Å². The quantitative estimate of drug-likeness (QED) is 0.120. The summed E-state index contributed by atoms with van der Waals surface area (Å²) >= 11 is 1.68. The smallest absolute Gasteiger partial charge is 0.317 e. The number of hydrogen-bond acceptors (Lipinski definition) is 5. The number of benzene rings is 3. The van der Waals surface area contributed by atoms with Crippen LogP contribution in [0.2, 0.25) is 0 Å². The van der Waals surface area contributed by atoms with Crippen molar-refractivity contribution in [2.24, 2.45) is 5.41 Å². The molecule has 2 bridgehead atoms. The molecule has 0 radical (unpaired) electrons. The van der Waals surface area contributed by atoms with Gasteiger partial charge in [0.25, 0.3) is 0 Å². The second-order valence-electron chi connectivity index (χ2n) is 15.0. The highest BCUT2D eigenvalue weighted by molar-refractivity contribution is 7.09. The number of allylic oxidation sites excluding steroid dienone is 2. The van der Waals surface area contributed by atoms with Crippen molar-refractivity contribution >= 4 is 23.2 Å². The molecule has 1 fully saturated rings. The average molecular weight is 705 g/mol. The van der Waals surface area contributed by atoms with E-state index in [1.807, 2.05) is 84.6 Å². The number of fused-ring (bicyclic) bond motifs is 8. The predicted molar refractivity (Wildman–Crippen MR) is 206 cm³/mol. The zero-order valence-corrected chi connectivity index (χ0v) is 31.0. The van der Waals surface area contributed by atoms with E-state index in [-0.39, 0.29) is 30.3 Å². The van der Waals surface area contributed by atoms with Crippen molar-refractivity contribution in [3.63, 3.8) is 0 Å². The number of ketones is 1. The van der Waals surface area contributed by atoms with E-state index in [0.29, 0.717) is 56.2 Å². The Morgan fingerprint density at radius 2 is 1.73 bits per heavy atom. The third kappa shape index (κ3) is 8.38. The van der Waals surface area contributed by atoms with E-state index in [0.717, 1.165) is 29.5 Å². The molecule has 3 aliphatic carbocycles. The lowest BCUT2D eigenvalue weighted by atomic mass is 9.64. The largest absolute Gasteiger partial charge is 0.393 e. The van der Waals surface area contributed by atoms with Crippen molar-refractivity contribution in [1.82, 2.24) is 10.2 Å². The molecule has 3 N–H and O–H groups in total. The summed E-state index contributed by atoms with van der Waals surface area (Å²) in [4.78, 5) is 31.4. The standard InChI is InChI=1S/C44H52N2O4S/c1-31-12-10-24-43(3)40(38-21-19-33(28-36(47)20-18-31)29-39(38)41(48)35-15-8-5-9-16-35)22-25-44(43,50)30-46(26-23-37-17-11-27-51-37)42(49)45-32(2)34-13-6-4-7-14-34/h4-9,11-17,19,21,27,29,32,36,40,47,50H,10,18,20,22-26,28,30H2,1-3H3,(H,45,49)/t32-,36+,40+,43+,44-/m1/s1. The highest BCUT2D eigenvalue weighted by Crippen LogP contribution is 2.59. The molecule has 6 nitrogen and oxygen atoms in total. The molecular formula is C44H52N2O4S. The SMILES string of the molecule is CC1=CCC[C@@]2(C)[C@@H](CC[C@@]2(O)CN(CCc2cccs2)C(=O)N[C@H](C)c2ccccc2)c2ccc(cc2C(=O)c2ccccc2)C[C@@H](O)CC1. The van der Waals surface area contributed by atoms with Crippen molar-refractivity contribution in [3.8, 4) is 0 Å². The monoisotopic (exact) mass is 704 g/mol. The van der Waals surface area contributed by atoms with Gasteiger partial charge in [0, 0.05) is 28.0 Å². The summed E-state index contributed by atoms with van der Waals surface area (Å²) in [5.74, 6) is -0.166. The second kappa shape index (κ2) is 16.1. The molecular weight excluding hydrogens is 653 g/mol. The third-order valence-corrected chi connectivity index (χ3v) is 12.5. The number of urea groups is 1. The van der Waals surface area contributed by atoms with Crippen molar-refractivity contribution in [1.29, 1.82) is 0 Å². The Labute approximate surface area is 307 Å². The minimum atomic E-state index is -1.21. The van der Waals surface area contributed by atoms with Crippen LogP contribution in [0.1, 0.15) is 109 Å². The molecule has 51 heavy (non-hydrogen) atoms. The predicted octanol–water partition coefficient (Wildman–Crippen LogP) is 9.03. The molecule has 4 aromatic rings. The summed E-state index contributed by atoms with van der Waals surface area (Å²) in [6, 6.07) is 29.2. The van der Waals surface area contributed by atoms with Gasteiger partial charge in [-0.15, -0.1) is 11.3 Å². The molecule has 2 amide bonds. The summed E-state index contributed by atoms with van der Waals surface area (Å²) < 4.78 is 0. The van der Waals surface area contributed by atoms with Gasteiger partial charge in [-0.3, -0.25) is 4.79 Å². The van der Waals surface area contributed by atoms with Crippen LogP contribution in [-0.2, 0) is 12.8 Å². The highest BCUT2D eigenvalue weighted by Gasteiger charge is 2.57. The molecule has 0 saturated heterocycles. The van der Waals surface area contributed by atoms with E-state index >= 15 is 0 Å². The third-order valence-electron chi connectivity index (χ3n) is 11.5. The van der Waals surface area contributed by atoms with Crippen LogP contribution in [0.4, 0.5) is 4.79 Å². The zero-order chi connectivity index (χ0) is 36.0. The van der Waals surface area contributed by atoms with Gasteiger partial charge >= 0.3 is 6.03 Å². The molecule has 0 unspecified atom stereocenters. The Bertz CT molecular complexity index is 1810. The highest BCUT2D eigenvalue weighted by atomic mass is 32.1. The number of nitrogens with zero attached hydrogens (tertiary/aromatic N) is 1. The molecule has 1 heterocycles. The number of amides is 2. The van der Waals surface area contributed by atoms with Crippen LogP contribution >= 0.6 is 11.3 Å². The average Bonchev–Trinajstić information content (AvgIpc) is 3.75. The fourth-order valence-electron chi connectivity index (χ4n) is 8.31. The molecule has 1 aromatic heterocycles. The lowest BCUT2D eigenvalue weighted by Gasteiger charge is -2.46. The first-order chi connectivity index (χ1) is 24.6. The minimum Gasteiger partial charge on any atom is -0.393 e. The number of nitrogens with one attached hydrogen (secondary N) is 1. The van der Waals surface area contributed by atoms with Crippen LogP contribution in [0.15, 0.2) is 108 Å². The molecule has 7 heteroatoms. The Morgan fingerprint density at radius 3 is 2.45 bits per heavy atom. The Balaban J connectivity index is 1.38.